The SMILES string of the molecule is CNC(C)c1cc(C)c(Cl)s1. The standard InChI is InChI=1S/C8H12ClNS/c1-5-4-7(6(2)10-3)11-8(5)9/h4,6,10H,1-3H3. The molecule has 0 radical (unpaired) electrons. The van der Waals surface area contributed by atoms with Crippen LogP contribution in [0.5, 0.6) is 0 Å². The molecule has 1 aromatic rings. The second-order valence-electron chi connectivity index (χ2n) is 2.62. The molecule has 1 nitrogen and oxygen atoms in total. The van der Waals surface area contributed by atoms with Crippen LogP contribution in [0.15, 0.2) is 6.07 Å². The molecule has 0 aromatic carbocycles. The lowest BCUT2D eigenvalue weighted by Crippen LogP contribution is -2.10. The molecule has 0 amide bonds. The van der Waals surface area contributed by atoms with Crippen LogP contribution in [0.1, 0.15) is 23.4 Å². The van der Waals surface area contributed by atoms with Crippen molar-refractivity contribution in [1.82, 2.24) is 5.32 Å². The van der Waals surface area contributed by atoms with Crippen molar-refractivity contribution in [1.29, 1.82) is 0 Å². The highest BCUT2D eigenvalue weighted by Gasteiger charge is 2.07. The summed E-state index contributed by atoms with van der Waals surface area (Å²) >= 11 is 7.57. The van der Waals surface area contributed by atoms with Gasteiger partial charge in [0.2, 0.25) is 0 Å². The van der Waals surface area contributed by atoms with E-state index < -0.39 is 0 Å². The van der Waals surface area contributed by atoms with Gasteiger partial charge in [-0.3, -0.25) is 0 Å². The minimum atomic E-state index is 0.409. The average molecular weight is 190 g/mol. The Morgan fingerprint density at radius 2 is 2.27 bits per heavy atom. The molecule has 0 aliphatic carbocycles. The largest absolute Gasteiger partial charge is 0.313 e. The van der Waals surface area contributed by atoms with Gasteiger partial charge in [-0.25, -0.2) is 0 Å². The number of hydrogen-bond acceptors (Lipinski definition) is 2. The molecule has 1 aromatic heterocycles. The van der Waals surface area contributed by atoms with Gasteiger partial charge >= 0.3 is 0 Å². The van der Waals surface area contributed by atoms with Gasteiger partial charge in [0.25, 0.3) is 0 Å². The predicted octanol–water partition coefficient (Wildman–Crippen LogP) is 2.99. The molecule has 0 saturated heterocycles. The highest BCUT2D eigenvalue weighted by Crippen LogP contribution is 2.30. The van der Waals surface area contributed by atoms with E-state index in [2.05, 4.69) is 18.3 Å². The lowest BCUT2D eigenvalue weighted by atomic mass is 10.2. The van der Waals surface area contributed by atoms with Crippen LogP contribution in [-0.4, -0.2) is 7.05 Å². The van der Waals surface area contributed by atoms with E-state index in [1.165, 1.54) is 10.4 Å². The highest BCUT2D eigenvalue weighted by molar-refractivity contribution is 7.16. The first kappa shape index (κ1) is 9.04. The lowest BCUT2D eigenvalue weighted by molar-refractivity contribution is 0.664. The molecule has 62 valence electrons. The molecule has 3 heteroatoms. The van der Waals surface area contributed by atoms with E-state index in [4.69, 9.17) is 11.6 Å². The Kier molecular flexibility index (Phi) is 2.93. The fourth-order valence-corrected chi connectivity index (χ4v) is 2.12. The molecule has 1 heterocycles. The normalized spacial score (nSPS) is 13.5. The molecular weight excluding hydrogens is 178 g/mol. The number of nitrogens with one attached hydrogen (secondary N) is 1. The van der Waals surface area contributed by atoms with Crippen LogP contribution < -0.4 is 5.32 Å². The van der Waals surface area contributed by atoms with Crippen LogP contribution in [0.3, 0.4) is 0 Å². The number of aryl methyl sites for hydroxylation is 1. The van der Waals surface area contributed by atoms with Crippen LogP contribution in [-0.2, 0) is 0 Å². The first-order valence-electron chi connectivity index (χ1n) is 3.58. The monoisotopic (exact) mass is 189 g/mol. The highest BCUT2D eigenvalue weighted by atomic mass is 35.5. The zero-order chi connectivity index (χ0) is 8.43. The summed E-state index contributed by atoms with van der Waals surface area (Å²) < 4.78 is 0.905. The summed E-state index contributed by atoms with van der Waals surface area (Å²) in [5, 5.41) is 3.17. The molecular formula is C8H12ClNS. The maximum Gasteiger partial charge on any atom is 0.0960 e. The second-order valence-corrected chi connectivity index (χ2v) is 4.30. The maximum atomic E-state index is 5.92. The van der Waals surface area contributed by atoms with E-state index >= 15 is 0 Å². The zero-order valence-electron chi connectivity index (χ0n) is 6.94. The van der Waals surface area contributed by atoms with Crippen LogP contribution in [0, 0.1) is 6.92 Å². The summed E-state index contributed by atoms with van der Waals surface area (Å²) in [5.41, 5.74) is 1.17. The molecule has 0 bridgehead atoms. The fraction of sp³-hybridized carbons (Fsp3) is 0.500. The molecule has 0 saturated carbocycles. The van der Waals surface area contributed by atoms with Crippen molar-refractivity contribution < 1.29 is 0 Å². The molecule has 0 aliphatic heterocycles. The lowest BCUT2D eigenvalue weighted by Gasteiger charge is -2.05. The van der Waals surface area contributed by atoms with Gasteiger partial charge in [0, 0.05) is 10.9 Å². The molecule has 1 atom stereocenters. The first-order chi connectivity index (χ1) is 5.15. The molecule has 11 heavy (non-hydrogen) atoms. The van der Waals surface area contributed by atoms with Crippen molar-refractivity contribution in [3.8, 4) is 0 Å². The van der Waals surface area contributed by atoms with Crippen LogP contribution in [0.4, 0.5) is 0 Å². The van der Waals surface area contributed by atoms with Gasteiger partial charge in [-0.1, -0.05) is 11.6 Å². The molecule has 1 unspecified atom stereocenters. The summed E-state index contributed by atoms with van der Waals surface area (Å²) in [7, 11) is 1.95. The third kappa shape index (κ3) is 1.95. The molecule has 1 N–H and O–H groups in total. The van der Waals surface area contributed by atoms with Gasteiger partial charge in [0.1, 0.15) is 0 Å². The fourth-order valence-electron chi connectivity index (χ4n) is 0.839. The van der Waals surface area contributed by atoms with E-state index in [0.717, 1.165) is 4.34 Å². The summed E-state index contributed by atoms with van der Waals surface area (Å²) in [4.78, 5) is 1.30. The number of rotatable bonds is 2. The Morgan fingerprint density at radius 1 is 1.64 bits per heavy atom. The van der Waals surface area contributed by atoms with Crippen molar-refractivity contribution in [3.63, 3.8) is 0 Å². The quantitative estimate of drug-likeness (QED) is 0.755. The van der Waals surface area contributed by atoms with Crippen LogP contribution in [0.25, 0.3) is 0 Å². The van der Waals surface area contributed by atoms with Crippen molar-refractivity contribution in [3.05, 3.63) is 20.8 Å². The topological polar surface area (TPSA) is 12.0 Å². The maximum absolute atomic E-state index is 5.92. The van der Waals surface area contributed by atoms with Crippen molar-refractivity contribution in [2.24, 2.45) is 0 Å². The summed E-state index contributed by atoms with van der Waals surface area (Å²) in [6.07, 6.45) is 0. The van der Waals surface area contributed by atoms with Crippen molar-refractivity contribution in [2.45, 2.75) is 19.9 Å². The van der Waals surface area contributed by atoms with Gasteiger partial charge in [-0.15, -0.1) is 11.3 Å². The Balaban J connectivity index is 2.88. The Hall–Kier alpha value is -0.0500. The van der Waals surface area contributed by atoms with E-state index in [-0.39, 0.29) is 0 Å². The Morgan fingerprint density at radius 3 is 2.64 bits per heavy atom. The summed E-state index contributed by atoms with van der Waals surface area (Å²) in [6, 6.07) is 2.54. The number of halogens is 1. The first-order valence-corrected chi connectivity index (χ1v) is 4.77. The molecule has 0 aliphatic rings. The zero-order valence-corrected chi connectivity index (χ0v) is 8.51. The predicted molar refractivity (Wildman–Crippen MR) is 51.5 cm³/mol. The van der Waals surface area contributed by atoms with Gasteiger partial charge in [-0.05, 0) is 32.5 Å². The average Bonchev–Trinajstić information content (AvgIpc) is 2.31. The number of thiophene rings is 1. The summed E-state index contributed by atoms with van der Waals surface area (Å²) in [5.74, 6) is 0. The van der Waals surface area contributed by atoms with Crippen LogP contribution in [0.2, 0.25) is 4.34 Å². The van der Waals surface area contributed by atoms with E-state index in [0.29, 0.717) is 6.04 Å². The number of hydrogen-bond donors (Lipinski definition) is 1. The van der Waals surface area contributed by atoms with E-state index in [1.54, 1.807) is 11.3 Å². The Labute approximate surface area is 76.4 Å². The van der Waals surface area contributed by atoms with Crippen molar-refractivity contribution in [2.75, 3.05) is 7.05 Å². The van der Waals surface area contributed by atoms with Crippen LogP contribution >= 0.6 is 22.9 Å². The smallest absolute Gasteiger partial charge is 0.0960 e. The minimum absolute atomic E-state index is 0.409. The van der Waals surface area contributed by atoms with Gasteiger partial charge in [0.15, 0.2) is 0 Å². The third-order valence-electron chi connectivity index (χ3n) is 1.74. The van der Waals surface area contributed by atoms with Gasteiger partial charge in [0.05, 0.1) is 4.34 Å². The summed E-state index contributed by atoms with van der Waals surface area (Å²) in [6.45, 7) is 4.16. The Bertz CT molecular complexity index is 225. The van der Waals surface area contributed by atoms with Gasteiger partial charge < -0.3 is 5.32 Å². The molecule has 1 rings (SSSR count). The molecule has 0 spiro atoms. The molecule has 0 fully saturated rings. The van der Waals surface area contributed by atoms with E-state index in [1.807, 2.05) is 14.0 Å². The second kappa shape index (κ2) is 3.57. The minimum Gasteiger partial charge on any atom is -0.313 e. The van der Waals surface area contributed by atoms with Crippen molar-refractivity contribution >= 4 is 22.9 Å². The third-order valence-corrected chi connectivity index (χ3v) is 3.47. The van der Waals surface area contributed by atoms with Gasteiger partial charge in [-0.2, -0.15) is 0 Å². The van der Waals surface area contributed by atoms with E-state index in [9.17, 15) is 0 Å².